The molecular weight excluding hydrogens is 383 g/mol. The van der Waals surface area contributed by atoms with Crippen LogP contribution in [0.5, 0.6) is 0 Å². The third kappa shape index (κ3) is 3.67. The highest BCUT2D eigenvalue weighted by Crippen LogP contribution is 2.30. The first-order valence-corrected chi connectivity index (χ1v) is 9.84. The van der Waals surface area contributed by atoms with Gasteiger partial charge in [0, 0.05) is 30.0 Å². The molecule has 150 valence electrons. The highest BCUT2D eigenvalue weighted by Gasteiger charge is 2.33. The zero-order chi connectivity index (χ0) is 20.5. The Balaban J connectivity index is 1.31. The molecule has 0 amide bonds. The van der Waals surface area contributed by atoms with Crippen molar-refractivity contribution in [3.8, 4) is 17.5 Å². The van der Waals surface area contributed by atoms with E-state index in [9.17, 15) is 4.39 Å². The molecule has 1 N–H and O–H groups in total. The summed E-state index contributed by atoms with van der Waals surface area (Å²) in [6.07, 6.45) is 4.37. The van der Waals surface area contributed by atoms with Crippen molar-refractivity contribution in [3.63, 3.8) is 0 Å². The Morgan fingerprint density at radius 2 is 1.83 bits per heavy atom. The smallest absolute Gasteiger partial charge is 0.230 e. The summed E-state index contributed by atoms with van der Waals surface area (Å²) in [5.74, 6) is 0.173. The molecule has 0 radical (unpaired) electrons. The van der Waals surface area contributed by atoms with Gasteiger partial charge in [0.1, 0.15) is 18.2 Å². The Hall–Kier alpha value is -3.57. The van der Waals surface area contributed by atoms with Crippen LogP contribution in [-0.2, 0) is 4.74 Å². The Labute approximate surface area is 173 Å². The molecule has 2 fully saturated rings. The summed E-state index contributed by atoms with van der Waals surface area (Å²) in [5.41, 5.74) is 2.53. The fourth-order valence-electron chi connectivity index (χ4n) is 3.96. The lowest BCUT2D eigenvalue weighted by Gasteiger charge is -2.33. The maximum absolute atomic E-state index is 13.6. The van der Waals surface area contributed by atoms with Crippen LogP contribution in [0.15, 0.2) is 48.8 Å². The van der Waals surface area contributed by atoms with Gasteiger partial charge in [-0.25, -0.2) is 14.4 Å². The van der Waals surface area contributed by atoms with Gasteiger partial charge >= 0.3 is 0 Å². The number of nitriles is 1. The number of fused-ring (bicyclic) bond motifs is 2. The molecule has 1 aromatic heterocycles. The molecule has 0 saturated carbocycles. The van der Waals surface area contributed by atoms with Gasteiger partial charge in [0.2, 0.25) is 5.95 Å². The Kier molecular flexibility index (Phi) is 4.73. The molecule has 2 aromatic carbocycles. The summed E-state index contributed by atoms with van der Waals surface area (Å²) in [7, 11) is 0. The number of morpholine rings is 1. The first-order chi connectivity index (χ1) is 14.7. The number of aromatic nitrogens is 3. The van der Waals surface area contributed by atoms with E-state index >= 15 is 0 Å². The second-order valence-corrected chi connectivity index (χ2v) is 7.47. The van der Waals surface area contributed by atoms with Crippen molar-refractivity contribution in [2.45, 2.75) is 25.0 Å². The standard InChI is InChI=1S/C22H19FN6O/c23-20-8-1-14(9-15(20)10-24)21-25-13-26-22(28-21)27-16-2-4-17(5-3-16)29-11-18-6-7-19(12-29)30-18/h1-5,8-9,13,18-19H,6-7,11-12H2,(H,25,26,27,28). The van der Waals surface area contributed by atoms with E-state index in [2.05, 4.69) is 37.3 Å². The van der Waals surface area contributed by atoms with Crippen LogP contribution in [-0.4, -0.2) is 40.2 Å². The number of benzene rings is 2. The average molecular weight is 402 g/mol. The van der Waals surface area contributed by atoms with Crippen molar-refractivity contribution in [1.82, 2.24) is 15.0 Å². The quantitative estimate of drug-likeness (QED) is 0.713. The van der Waals surface area contributed by atoms with Gasteiger partial charge in [-0.05, 0) is 55.3 Å². The number of nitrogens with one attached hydrogen (secondary N) is 1. The van der Waals surface area contributed by atoms with Gasteiger partial charge in [-0.3, -0.25) is 0 Å². The molecule has 2 aliphatic rings. The first-order valence-electron chi connectivity index (χ1n) is 9.84. The van der Waals surface area contributed by atoms with E-state index in [1.165, 1.54) is 24.1 Å². The minimum Gasteiger partial charge on any atom is -0.371 e. The lowest BCUT2D eigenvalue weighted by Crippen LogP contribution is -2.42. The number of ether oxygens (including phenoxy) is 1. The van der Waals surface area contributed by atoms with Crippen LogP contribution in [0.25, 0.3) is 11.4 Å². The highest BCUT2D eigenvalue weighted by atomic mass is 19.1. The molecule has 30 heavy (non-hydrogen) atoms. The Morgan fingerprint density at radius 1 is 1.07 bits per heavy atom. The van der Waals surface area contributed by atoms with Crippen LogP contribution in [0.4, 0.5) is 21.7 Å². The van der Waals surface area contributed by atoms with Crippen LogP contribution < -0.4 is 10.2 Å². The number of halogens is 1. The second kappa shape index (κ2) is 7.69. The number of hydrogen-bond acceptors (Lipinski definition) is 7. The van der Waals surface area contributed by atoms with Crippen molar-refractivity contribution in [2.24, 2.45) is 0 Å². The fraction of sp³-hybridized carbons (Fsp3) is 0.273. The van der Waals surface area contributed by atoms with Crippen molar-refractivity contribution in [3.05, 3.63) is 60.2 Å². The molecule has 8 heteroatoms. The minimum atomic E-state index is -0.568. The van der Waals surface area contributed by atoms with Crippen LogP contribution in [0.3, 0.4) is 0 Å². The van der Waals surface area contributed by atoms with Gasteiger partial charge in [-0.1, -0.05) is 0 Å². The summed E-state index contributed by atoms with van der Waals surface area (Å²) < 4.78 is 19.5. The zero-order valence-corrected chi connectivity index (χ0v) is 16.1. The van der Waals surface area contributed by atoms with Gasteiger partial charge in [0.05, 0.1) is 17.8 Å². The van der Waals surface area contributed by atoms with Crippen molar-refractivity contribution >= 4 is 17.3 Å². The van der Waals surface area contributed by atoms with Gasteiger partial charge in [0.25, 0.3) is 0 Å². The molecule has 2 atom stereocenters. The number of nitrogens with zero attached hydrogens (tertiary/aromatic N) is 5. The Bertz CT molecular complexity index is 1100. The van der Waals surface area contributed by atoms with E-state index in [1.54, 1.807) is 6.07 Å². The monoisotopic (exact) mass is 402 g/mol. The maximum Gasteiger partial charge on any atom is 0.230 e. The summed E-state index contributed by atoms with van der Waals surface area (Å²) in [5, 5.41) is 12.2. The predicted molar refractivity (Wildman–Crippen MR) is 110 cm³/mol. The van der Waals surface area contributed by atoms with E-state index in [1.807, 2.05) is 18.2 Å². The van der Waals surface area contributed by atoms with Crippen LogP contribution >= 0.6 is 0 Å². The van der Waals surface area contributed by atoms with Crippen molar-refractivity contribution in [1.29, 1.82) is 5.26 Å². The molecule has 0 aliphatic carbocycles. The van der Waals surface area contributed by atoms with Gasteiger partial charge in [-0.2, -0.15) is 10.2 Å². The number of hydrogen-bond donors (Lipinski definition) is 1. The second-order valence-electron chi connectivity index (χ2n) is 7.47. The molecule has 2 aliphatic heterocycles. The third-order valence-corrected chi connectivity index (χ3v) is 5.45. The number of anilines is 3. The molecule has 0 spiro atoms. The summed E-state index contributed by atoms with van der Waals surface area (Å²) >= 11 is 0. The van der Waals surface area contributed by atoms with Crippen LogP contribution in [0.2, 0.25) is 0 Å². The molecule has 3 heterocycles. The van der Waals surface area contributed by atoms with Crippen LogP contribution in [0.1, 0.15) is 18.4 Å². The molecule has 7 nitrogen and oxygen atoms in total. The van der Waals surface area contributed by atoms with Crippen molar-refractivity contribution in [2.75, 3.05) is 23.3 Å². The van der Waals surface area contributed by atoms with E-state index in [0.717, 1.165) is 31.6 Å². The summed E-state index contributed by atoms with van der Waals surface area (Å²) in [6.45, 7) is 1.87. The van der Waals surface area contributed by atoms with E-state index in [0.29, 0.717) is 29.5 Å². The molecule has 3 aromatic rings. The maximum atomic E-state index is 13.6. The lowest BCUT2D eigenvalue weighted by molar-refractivity contribution is 0.0305. The highest BCUT2D eigenvalue weighted by molar-refractivity contribution is 5.62. The molecule has 2 unspecified atom stereocenters. The normalized spacial score (nSPS) is 20.1. The zero-order valence-electron chi connectivity index (χ0n) is 16.1. The van der Waals surface area contributed by atoms with E-state index in [4.69, 9.17) is 10.00 Å². The lowest BCUT2D eigenvalue weighted by atomic mass is 10.1. The first kappa shape index (κ1) is 18.5. The largest absolute Gasteiger partial charge is 0.371 e. The third-order valence-electron chi connectivity index (χ3n) is 5.45. The minimum absolute atomic E-state index is 0.0467. The summed E-state index contributed by atoms with van der Waals surface area (Å²) in [4.78, 5) is 15.1. The topological polar surface area (TPSA) is 87.0 Å². The molecule has 2 saturated heterocycles. The number of rotatable bonds is 4. The van der Waals surface area contributed by atoms with Gasteiger partial charge in [-0.15, -0.1) is 0 Å². The van der Waals surface area contributed by atoms with Crippen LogP contribution in [0, 0.1) is 17.1 Å². The van der Waals surface area contributed by atoms with E-state index < -0.39 is 5.82 Å². The Morgan fingerprint density at radius 3 is 2.57 bits per heavy atom. The van der Waals surface area contributed by atoms with Crippen molar-refractivity contribution < 1.29 is 9.13 Å². The van der Waals surface area contributed by atoms with Gasteiger partial charge in [0.15, 0.2) is 5.82 Å². The molecular formula is C22H19FN6O. The van der Waals surface area contributed by atoms with E-state index in [-0.39, 0.29) is 5.56 Å². The molecule has 2 bridgehead atoms. The van der Waals surface area contributed by atoms with Gasteiger partial charge < -0.3 is 15.0 Å². The summed E-state index contributed by atoms with van der Waals surface area (Å²) in [6, 6.07) is 14.2. The predicted octanol–water partition coefficient (Wildman–Crippen LogP) is 3.66. The fourth-order valence-corrected chi connectivity index (χ4v) is 3.96. The molecule has 5 rings (SSSR count). The average Bonchev–Trinajstić information content (AvgIpc) is 3.12. The SMILES string of the molecule is N#Cc1cc(-c2ncnc(Nc3ccc(N4CC5CCC(C4)O5)cc3)n2)ccc1F.